The molecule has 0 radical (unpaired) electrons. The first kappa shape index (κ1) is 12.0. The van der Waals surface area contributed by atoms with Gasteiger partial charge in [0.15, 0.2) is 0 Å². The van der Waals surface area contributed by atoms with Gasteiger partial charge in [0.05, 0.1) is 17.2 Å². The van der Waals surface area contributed by atoms with Crippen LogP contribution in [0.5, 0.6) is 0 Å². The Bertz CT molecular complexity index is 430. The SMILES string of the molecule is Cc1nc(CCN2CCC(=O)NCC2=O)cs1. The topological polar surface area (TPSA) is 62.3 Å². The number of aryl methyl sites for hydroxylation is 1. The number of hydrogen-bond donors (Lipinski definition) is 1. The summed E-state index contributed by atoms with van der Waals surface area (Å²) in [5.41, 5.74) is 1.02. The molecular weight excluding hydrogens is 238 g/mol. The van der Waals surface area contributed by atoms with Gasteiger partial charge < -0.3 is 10.2 Å². The van der Waals surface area contributed by atoms with Crippen molar-refractivity contribution in [2.24, 2.45) is 0 Å². The van der Waals surface area contributed by atoms with Gasteiger partial charge in [0.1, 0.15) is 0 Å². The van der Waals surface area contributed by atoms with E-state index in [4.69, 9.17) is 0 Å². The summed E-state index contributed by atoms with van der Waals surface area (Å²) in [6, 6.07) is 0. The molecule has 1 aliphatic heterocycles. The molecule has 1 saturated heterocycles. The minimum atomic E-state index is -0.0506. The molecule has 17 heavy (non-hydrogen) atoms. The Morgan fingerprint density at radius 3 is 3.06 bits per heavy atom. The summed E-state index contributed by atoms with van der Waals surface area (Å²) in [6.07, 6.45) is 1.14. The zero-order valence-corrected chi connectivity index (χ0v) is 10.5. The Balaban J connectivity index is 1.89. The molecule has 1 fully saturated rings. The molecule has 0 aliphatic carbocycles. The number of amides is 2. The second-order valence-corrected chi connectivity index (χ2v) is 5.08. The standard InChI is InChI=1S/C11H15N3O2S/c1-8-13-9(7-17-8)2-4-14-5-3-10(15)12-6-11(14)16/h7H,2-6H2,1H3,(H,12,15). The van der Waals surface area contributed by atoms with E-state index in [1.807, 2.05) is 12.3 Å². The Labute approximate surface area is 104 Å². The minimum Gasteiger partial charge on any atom is -0.347 e. The van der Waals surface area contributed by atoms with E-state index in [9.17, 15) is 9.59 Å². The largest absolute Gasteiger partial charge is 0.347 e. The number of carbonyl (C=O) groups is 2. The van der Waals surface area contributed by atoms with Gasteiger partial charge in [-0.2, -0.15) is 0 Å². The molecular formula is C11H15N3O2S. The molecule has 1 aromatic rings. The molecule has 5 nitrogen and oxygen atoms in total. The van der Waals surface area contributed by atoms with Gasteiger partial charge in [-0.25, -0.2) is 4.98 Å². The van der Waals surface area contributed by atoms with Gasteiger partial charge in [-0.3, -0.25) is 9.59 Å². The third-order valence-electron chi connectivity index (χ3n) is 2.70. The highest BCUT2D eigenvalue weighted by Crippen LogP contribution is 2.09. The van der Waals surface area contributed by atoms with Crippen LogP contribution in [0.15, 0.2) is 5.38 Å². The van der Waals surface area contributed by atoms with Crippen LogP contribution in [0.25, 0.3) is 0 Å². The highest BCUT2D eigenvalue weighted by Gasteiger charge is 2.19. The zero-order chi connectivity index (χ0) is 12.3. The van der Waals surface area contributed by atoms with Crippen LogP contribution in [-0.4, -0.2) is 41.3 Å². The average molecular weight is 253 g/mol. The lowest BCUT2D eigenvalue weighted by Gasteiger charge is -2.18. The van der Waals surface area contributed by atoms with Crippen molar-refractivity contribution >= 4 is 23.2 Å². The molecule has 1 aliphatic rings. The van der Waals surface area contributed by atoms with Gasteiger partial charge in [-0.1, -0.05) is 0 Å². The van der Waals surface area contributed by atoms with Crippen molar-refractivity contribution in [1.29, 1.82) is 0 Å². The first-order valence-corrected chi connectivity index (χ1v) is 6.48. The molecule has 92 valence electrons. The molecule has 0 bridgehead atoms. The molecule has 0 saturated carbocycles. The predicted molar refractivity (Wildman–Crippen MR) is 64.8 cm³/mol. The zero-order valence-electron chi connectivity index (χ0n) is 9.73. The van der Waals surface area contributed by atoms with E-state index < -0.39 is 0 Å². The number of nitrogens with one attached hydrogen (secondary N) is 1. The van der Waals surface area contributed by atoms with E-state index >= 15 is 0 Å². The Morgan fingerprint density at radius 2 is 2.35 bits per heavy atom. The summed E-state index contributed by atoms with van der Waals surface area (Å²) < 4.78 is 0. The molecule has 2 heterocycles. The Kier molecular flexibility index (Phi) is 3.73. The summed E-state index contributed by atoms with van der Waals surface area (Å²) in [6.45, 7) is 3.23. The van der Waals surface area contributed by atoms with Crippen molar-refractivity contribution in [2.45, 2.75) is 19.8 Å². The maximum Gasteiger partial charge on any atom is 0.241 e. The van der Waals surface area contributed by atoms with Gasteiger partial charge in [-0.15, -0.1) is 11.3 Å². The van der Waals surface area contributed by atoms with Crippen molar-refractivity contribution in [3.05, 3.63) is 16.1 Å². The van der Waals surface area contributed by atoms with Crippen LogP contribution in [0.4, 0.5) is 0 Å². The second kappa shape index (κ2) is 5.27. The average Bonchev–Trinajstić information content (AvgIpc) is 2.64. The lowest BCUT2D eigenvalue weighted by molar-refractivity contribution is -0.130. The van der Waals surface area contributed by atoms with E-state index in [-0.39, 0.29) is 18.4 Å². The van der Waals surface area contributed by atoms with Gasteiger partial charge in [0.25, 0.3) is 0 Å². The number of carbonyl (C=O) groups excluding carboxylic acids is 2. The number of hydrogen-bond acceptors (Lipinski definition) is 4. The van der Waals surface area contributed by atoms with Crippen molar-refractivity contribution in [3.8, 4) is 0 Å². The molecule has 0 unspecified atom stereocenters. The fourth-order valence-corrected chi connectivity index (χ4v) is 2.39. The summed E-state index contributed by atoms with van der Waals surface area (Å²) in [7, 11) is 0. The van der Waals surface area contributed by atoms with Crippen LogP contribution in [0.3, 0.4) is 0 Å². The lowest BCUT2D eigenvalue weighted by atomic mass is 10.3. The molecule has 0 aromatic carbocycles. The Hall–Kier alpha value is -1.43. The van der Waals surface area contributed by atoms with Crippen LogP contribution < -0.4 is 5.32 Å². The third kappa shape index (κ3) is 3.26. The van der Waals surface area contributed by atoms with Crippen LogP contribution in [0, 0.1) is 6.92 Å². The minimum absolute atomic E-state index is 0.0113. The molecule has 0 spiro atoms. The van der Waals surface area contributed by atoms with Crippen molar-refractivity contribution < 1.29 is 9.59 Å². The highest BCUT2D eigenvalue weighted by atomic mass is 32.1. The normalized spacial score (nSPS) is 16.9. The lowest BCUT2D eigenvalue weighted by Crippen LogP contribution is -2.36. The van der Waals surface area contributed by atoms with E-state index in [2.05, 4.69) is 10.3 Å². The maximum atomic E-state index is 11.7. The van der Waals surface area contributed by atoms with Crippen molar-refractivity contribution in [1.82, 2.24) is 15.2 Å². The highest BCUT2D eigenvalue weighted by molar-refractivity contribution is 7.09. The van der Waals surface area contributed by atoms with Gasteiger partial charge in [0, 0.05) is 31.3 Å². The fraction of sp³-hybridized carbons (Fsp3) is 0.545. The van der Waals surface area contributed by atoms with Crippen LogP contribution in [0.2, 0.25) is 0 Å². The van der Waals surface area contributed by atoms with Crippen LogP contribution >= 0.6 is 11.3 Å². The second-order valence-electron chi connectivity index (χ2n) is 4.02. The summed E-state index contributed by atoms with van der Waals surface area (Å²) in [5.74, 6) is -0.0619. The quantitative estimate of drug-likeness (QED) is 0.845. The molecule has 2 amide bonds. The number of nitrogens with zero attached hydrogens (tertiary/aromatic N) is 2. The van der Waals surface area contributed by atoms with Gasteiger partial charge in [-0.05, 0) is 6.92 Å². The van der Waals surface area contributed by atoms with E-state index in [0.29, 0.717) is 19.5 Å². The first-order chi connectivity index (χ1) is 8.15. The summed E-state index contributed by atoms with van der Waals surface area (Å²) >= 11 is 1.62. The van der Waals surface area contributed by atoms with E-state index in [0.717, 1.165) is 17.1 Å². The molecule has 1 N–H and O–H groups in total. The number of thiazole rings is 1. The smallest absolute Gasteiger partial charge is 0.241 e. The van der Waals surface area contributed by atoms with Crippen LogP contribution in [-0.2, 0) is 16.0 Å². The van der Waals surface area contributed by atoms with Gasteiger partial charge in [0.2, 0.25) is 11.8 Å². The van der Waals surface area contributed by atoms with E-state index in [1.54, 1.807) is 16.2 Å². The van der Waals surface area contributed by atoms with E-state index in [1.165, 1.54) is 0 Å². The number of aromatic nitrogens is 1. The molecule has 6 heteroatoms. The fourth-order valence-electron chi connectivity index (χ4n) is 1.74. The summed E-state index contributed by atoms with van der Waals surface area (Å²) in [5, 5.41) is 5.64. The van der Waals surface area contributed by atoms with Crippen molar-refractivity contribution in [3.63, 3.8) is 0 Å². The first-order valence-electron chi connectivity index (χ1n) is 5.60. The summed E-state index contributed by atoms with van der Waals surface area (Å²) in [4.78, 5) is 28.9. The van der Waals surface area contributed by atoms with Crippen LogP contribution in [0.1, 0.15) is 17.1 Å². The molecule has 0 atom stereocenters. The molecule has 2 rings (SSSR count). The van der Waals surface area contributed by atoms with Crippen molar-refractivity contribution in [2.75, 3.05) is 19.6 Å². The third-order valence-corrected chi connectivity index (χ3v) is 3.53. The Morgan fingerprint density at radius 1 is 1.53 bits per heavy atom. The number of rotatable bonds is 3. The maximum absolute atomic E-state index is 11.7. The predicted octanol–water partition coefficient (Wildman–Crippen LogP) is 0.343. The molecule has 1 aromatic heterocycles. The monoisotopic (exact) mass is 253 g/mol. The van der Waals surface area contributed by atoms with Gasteiger partial charge >= 0.3 is 0 Å².